The zero-order valence-corrected chi connectivity index (χ0v) is 10.8. The Bertz CT molecular complexity index is 516. The molecule has 0 radical (unpaired) electrons. The molecule has 0 saturated heterocycles. The van der Waals surface area contributed by atoms with Gasteiger partial charge < -0.3 is 10.0 Å². The van der Waals surface area contributed by atoms with Crippen LogP contribution < -0.4 is 4.90 Å². The number of anilines is 1. The van der Waals surface area contributed by atoms with Gasteiger partial charge >= 0.3 is 5.97 Å². The molecule has 1 N–H and O–H groups in total. The van der Waals surface area contributed by atoms with Crippen molar-refractivity contribution in [3.8, 4) is 0 Å². The van der Waals surface area contributed by atoms with E-state index in [1.807, 2.05) is 4.90 Å². The highest BCUT2D eigenvalue weighted by Gasteiger charge is 2.30. The Hall–Kier alpha value is -1.82. The van der Waals surface area contributed by atoms with Crippen LogP contribution in [-0.4, -0.2) is 28.6 Å². The first-order valence-corrected chi connectivity index (χ1v) is 6.29. The molecule has 1 aromatic rings. The molecule has 0 bridgehead atoms. The third-order valence-corrected chi connectivity index (χ3v) is 3.31. The fourth-order valence-electron chi connectivity index (χ4n) is 1.94. The molecule has 1 aliphatic carbocycles. The number of nitro benzene ring substituents is 1. The number of carbonyl (C=O) groups is 1. The van der Waals surface area contributed by atoms with Crippen molar-refractivity contribution >= 4 is 28.9 Å². The van der Waals surface area contributed by atoms with Crippen LogP contribution in [0.15, 0.2) is 18.2 Å². The Morgan fingerprint density at radius 1 is 1.53 bits per heavy atom. The molecule has 1 fully saturated rings. The number of aliphatic carboxylic acids is 1. The maximum Gasteiger partial charge on any atom is 0.305 e. The molecule has 0 unspecified atom stereocenters. The molecule has 0 aliphatic heterocycles. The summed E-state index contributed by atoms with van der Waals surface area (Å²) in [6.07, 6.45) is 2.00. The molecule has 1 saturated carbocycles. The predicted octanol–water partition coefficient (Wildman–Crippen LogP) is 2.69. The van der Waals surface area contributed by atoms with Crippen molar-refractivity contribution in [1.82, 2.24) is 0 Å². The van der Waals surface area contributed by atoms with Gasteiger partial charge in [0.25, 0.3) is 5.69 Å². The number of benzene rings is 1. The summed E-state index contributed by atoms with van der Waals surface area (Å²) in [5.74, 6) is -0.872. The minimum atomic E-state index is -0.872. The second-order valence-corrected chi connectivity index (χ2v) is 4.87. The van der Waals surface area contributed by atoms with Crippen molar-refractivity contribution in [2.75, 3.05) is 11.4 Å². The van der Waals surface area contributed by atoms with Crippen LogP contribution in [0.2, 0.25) is 5.02 Å². The van der Waals surface area contributed by atoms with Gasteiger partial charge in [0.15, 0.2) is 0 Å². The van der Waals surface area contributed by atoms with E-state index in [1.54, 1.807) is 6.07 Å². The maximum absolute atomic E-state index is 10.7. The van der Waals surface area contributed by atoms with Crippen molar-refractivity contribution in [2.24, 2.45) is 0 Å². The molecule has 1 aromatic carbocycles. The van der Waals surface area contributed by atoms with Crippen LogP contribution in [0.5, 0.6) is 0 Å². The highest BCUT2D eigenvalue weighted by Crippen LogP contribution is 2.37. The Labute approximate surface area is 114 Å². The summed E-state index contributed by atoms with van der Waals surface area (Å²) < 4.78 is 0. The number of halogens is 1. The van der Waals surface area contributed by atoms with Crippen molar-refractivity contribution in [1.29, 1.82) is 0 Å². The van der Waals surface area contributed by atoms with Gasteiger partial charge in [-0.05, 0) is 18.9 Å². The molecule has 2 rings (SSSR count). The molecule has 0 aromatic heterocycles. The van der Waals surface area contributed by atoms with Crippen LogP contribution in [0, 0.1) is 10.1 Å². The van der Waals surface area contributed by atoms with Gasteiger partial charge in [-0.2, -0.15) is 0 Å². The van der Waals surface area contributed by atoms with Crippen molar-refractivity contribution in [2.45, 2.75) is 25.3 Å². The Morgan fingerprint density at radius 3 is 2.68 bits per heavy atom. The first-order chi connectivity index (χ1) is 8.99. The highest BCUT2D eigenvalue weighted by molar-refractivity contribution is 6.33. The van der Waals surface area contributed by atoms with Crippen LogP contribution in [-0.2, 0) is 4.79 Å². The van der Waals surface area contributed by atoms with Crippen molar-refractivity contribution in [3.05, 3.63) is 33.3 Å². The van der Waals surface area contributed by atoms with E-state index in [9.17, 15) is 14.9 Å². The predicted molar refractivity (Wildman–Crippen MR) is 70.7 cm³/mol. The lowest BCUT2D eigenvalue weighted by atomic mass is 10.2. The summed E-state index contributed by atoms with van der Waals surface area (Å²) in [7, 11) is 0. The molecular weight excluding hydrogens is 272 g/mol. The van der Waals surface area contributed by atoms with Crippen LogP contribution in [0.25, 0.3) is 0 Å². The standard InChI is InChI=1S/C12H13ClN2O4/c13-10-7-9(15(18)19)3-4-11(10)14(8-1-2-8)6-5-12(16)17/h3-4,7-8H,1-2,5-6H2,(H,16,17). The summed E-state index contributed by atoms with van der Waals surface area (Å²) in [6, 6.07) is 4.56. The van der Waals surface area contributed by atoms with Crippen LogP contribution in [0.1, 0.15) is 19.3 Å². The second kappa shape index (κ2) is 5.44. The smallest absolute Gasteiger partial charge is 0.305 e. The van der Waals surface area contributed by atoms with E-state index in [4.69, 9.17) is 16.7 Å². The van der Waals surface area contributed by atoms with E-state index in [0.717, 1.165) is 12.8 Å². The molecule has 102 valence electrons. The maximum atomic E-state index is 10.7. The number of carboxylic acids is 1. The second-order valence-electron chi connectivity index (χ2n) is 4.46. The third kappa shape index (κ3) is 3.35. The lowest BCUT2D eigenvalue weighted by Gasteiger charge is -2.24. The Morgan fingerprint density at radius 2 is 2.21 bits per heavy atom. The summed E-state index contributed by atoms with van der Waals surface area (Å²) in [6.45, 7) is 0.359. The highest BCUT2D eigenvalue weighted by atomic mass is 35.5. The number of carboxylic acid groups (broad SMARTS) is 1. The molecule has 7 heteroatoms. The molecular formula is C12H13ClN2O4. The van der Waals surface area contributed by atoms with Crippen molar-refractivity contribution in [3.63, 3.8) is 0 Å². The van der Waals surface area contributed by atoms with E-state index in [0.29, 0.717) is 18.3 Å². The van der Waals surface area contributed by atoms with Gasteiger partial charge in [0.2, 0.25) is 0 Å². The minimum Gasteiger partial charge on any atom is -0.481 e. The van der Waals surface area contributed by atoms with Gasteiger partial charge in [-0.1, -0.05) is 11.6 Å². The van der Waals surface area contributed by atoms with E-state index in [2.05, 4.69) is 0 Å². The van der Waals surface area contributed by atoms with Gasteiger partial charge in [0.05, 0.1) is 22.1 Å². The number of nitrogens with zero attached hydrogens (tertiary/aromatic N) is 2. The Balaban J connectivity index is 2.21. The third-order valence-electron chi connectivity index (χ3n) is 3.01. The number of rotatable bonds is 6. The number of hydrogen-bond donors (Lipinski definition) is 1. The summed E-state index contributed by atoms with van der Waals surface area (Å²) in [5.41, 5.74) is 0.596. The molecule has 0 atom stereocenters. The van der Waals surface area contributed by atoms with E-state index in [1.165, 1.54) is 12.1 Å². The first-order valence-electron chi connectivity index (χ1n) is 5.91. The molecule has 0 spiro atoms. The topological polar surface area (TPSA) is 83.7 Å². The molecule has 0 heterocycles. The number of nitro groups is 1. The fraction of sp³-hybridized carbons (Fsp3) is 0.417. The largest absolute Gasteiger partial charge is 0.481 e. The molecule has 1 aliphatic rings. The quantitative estimate of drug-likeness (QED) is 0.641. The summed E-state index contributed by atoms with van der Waals surface area (Å²) in [5, 5.41) is 19.7. The monoisotopic (exact) mass is 284 g/mol. The summed E-state index contributed by atoms with van der Waals surface area (Å²) >= 11 is 6.06. The van der Waals surface area contributed by atoms with Crippen LogP contribution >= 0.6 is 11.6 Å². The van der Waals surface area contributed by atoms with Crippen molar-refractivity contribution < 1.29 is 14.8 Å². The lowest BCUT2D eigenvalue weighted by Crippen LogP contribution is -2.28. The van der Waals surface area contributed by atoms with E-state index in [-0.39, 0.29) is 17.1 Å². The number of hydrogen-bond acceptors (Lipinski definition) is 4. The lowest BCUT2D eigenvalue weighted by molar-refractivity contribution is -0.384. The molecule has 6 nitrogen and oxygen atoms in total. The average molecular weight is 285 g/mol. The van der Waals surface area contributed by atoms with Crippen LogP contribution in [0.3, 0.4) is 0 Å². The van der Waals surface area contributed by atoms with Gasteiger partial charge in [-0.3, -0.25) is 14.9 Å². The summed E-state index contributed by atoms with van der Waals surface area (Å²) in [4.78, 5) is 22.7. The van der Waals surface area contributed by atoms with Gasteiger partial charge in [0.1, 0.15) is 0 Å². The minimum absolute atomic E-state index is 0.0177. The normalized spacial score (nSPS) is 14.2. The zero-order chi connectivity index (χ0) is 14.0. The molecule has 19 heavy (non-hydrogen) atoms. The molecule has 0 amide bonds. The average Bonchev–Trinajstić information content (AvgIpc) is 3.14. The number of non-ortho nitro benzene ring substituents is 1. The van der Waals surface area contributed by atoms with Crippen LogP contribution in [0.4, 0.5) is 11.4 Å². The van der Waals surface area contributed by atoms with E-state index < -0.39 is 10.9 Å². The zero-order valence-electron chi connectivity index (χ0n) is 10.1. The van der Waals surface area contributed by atoms with E-state index >= 15 is 0 Å². The SMILES string of the molecule is O=C(O)CCN(c1ccc([N+](=O)[O-])cc1Cl)C1CC1. The van der Waals surface area contributed by atoms with Gasteiger partial charge in [0, 0.05) is 24.7 Å². The van der Waals surface area contributed by atoms with Gasteiger partial charge in [-0.15, -0.1) is 0 Å². The first kappa shape index (κ1) is 13.6. The fourth-order valence-corrected chi connectivity index (χ4v) is 2.23. The van der Waals surface area contributed by atoms with Gasteiger partial charge in [-0.25, -0.2) is 0 Å². The Kier molecular flexibility index (Phi) is 3.90.